The molecule has 2 heterocycles. The van der Waals surface area contributed by atoms with Gasteiger partial charge in [0.25, 0.3) is 0 Å². The van der Waals surface area contributed by atoms with Gasteiger partial charge in [0.15, 0.2) is 5.82 Å². The maximum Gasteiger partial charge on any atom is 0.338 e. The predicted molar refractivity (Wildman–Crippen MR) is 50.8 cm³/mol. The minimum absolute atomic E-state index is 0.118. The summed E-state index contributed by atoms with van der Waals surface area (Å²) in [6.07, 6.45) is 3.80. The Morgan fingerprint density at radius 2 is 2.27 bits per heavy atom. The fourth-order valence-corrected chi connectivity index (χ4v) is 1.32. The van der Waals surface area contributed by atoms with Gasteiger partial charge >= 0.3 is 5.97 Å². The number of methoxy groups -OCH3 is 1. The Morgan fingerprint density at radius 3 is 3.00 bits per heavy atom. The molecule has 0 aliphatic carbocycles. The van der Waals surface area contributed by atoms with Crippen LogP contribution in [-0.4, -0.2) is 23.0 Å². The van der Waals surface area contributed by atoms with Crippen molar-refractivity contribution in [2.75, 3.05) is 7.11 Å². The van der Waals surface area contributed by atoms with Gasteiger partial charge in [-0.3, -0.25) is 9.97 Å². The molecule has 0 aliphatic rings. The first kappa shape index (κ1) is 9.51. The van der Waals surface area contributed by atoms with Crippen LogP contribution in [0.4, 0.5) is 4.39 Å². The Bertz CT molecular complexity index is 528. The number of halogens is 1. The summed E-state index contributed by atoms with van der Waals surface area (Å²) in [7, 11) is 1.27. The fraction of sp³-hybridized carbons (Fsp3) is 0.100. The zero-order chi connectivity index (χ0) is 10.8. The number of hydrogen-bond acceptors (Lipinski definition) is 4. The van der Waals surface area contributed by atoms with Gasteiger partial charge in [-0.15, -0.1) is 0 Å². The number of fused-ring (bicyclic) bond motifs is 1. The lowest BCUT2D eigenvalue weighted by molar-refractivity contribution is 0.0603. The number of carbonyl (C=O) groups excluding carboxylic acids is 1. The van der Waals surface area contributed by atoms with Gasteiger partial charge in [0.2, 0.25) is 0 Å². The lowest BCUT2D eigenvalue weighted by atomic mass is 10.1. The molecule has 0 unspecified atom stereocenters. The third-order valence-corrected chi connectivity index (χ3v) is 2.01. The van der Waals surface area contributed by atoms with Gasteiger partial charge in [0, 0.05) is 17.8 Å². The molecule has 0 saturated heterocycles. The first-order chi connectivity index (χ1) is 7.24. The molecule has 0 spiro atoms. The molecule has 0 radical (unpaired) electrons. The maximum atomic E-state index is 13.3. The van der Waals surface area contributed by atoms with Crippen LogP contribution in [0.2, 0.25) is 0 Å². The Labute approximate surface area is 84.7 Å². The summed E-state index contributed by atoms with van der Waals surface area (Å²) in [5.74, 6) is -1.09. The van der Waals surface area contributed by atoms with Gasteiger partial charge in [0.05, 0.1) is 18.9 Å². The normalized spacial score (nSPS) is 10.3. The molecule has 0 amide bonds. The topological polar surface area (TPSA) is 52.1 Å². The summed E-state index contributed by atoms with van der Waals surface area (Å²) >= 11 is 0. The third kappa shape index (κ3) is 1.52. The van der Waals surface area contributed by atoms with Gasteiger partial charge in [0.1, 0.15) is 5.52 Å². The molecule has 2 aromatic rings. The molecule has 4 nitrogen and oxygen atoms in total. The third-order valence-electron chi connectivity index (χ3n) is 2.01. The summed E-state index contributed by atoms with van der Waals surface area (Å²) in [6, 6.07) is 1.47. The number of pyridine rings is 2. The molecule has 0 bridgehead atoms. The largest absolute Gasteiger partial charge is 0.465 e. The van der Waals surface area contributed by atoms with Crippen LogP contribution < -0.4 is 0 Å². The Balaban J connectivity index is 2.77. The SMILES string of the molecule is COC(=O)c1ccnc2c(F)cncc12. The summed E-state index contributed by atoms with van der Waals surface area (Å²) in [5.41, 5.74) is 0.377. The van der Waals surface area contributed by atoms with Crippen molar-refractivity contribution in [3.8, 4) is 0 Å². The minimum atomic E-state index is -0.557. The van der Waals surface area contributed by atoms with Crippen molar-refractivity contribution in [3.05, 3.63) is 36.0 Å². The number of rotatable bonds is 1. The first-order valence-corrected chi connectivity index (χ1v) is 4.20. The molecular weight excluding hydrogens is 199 g/mol. The second kappa shape index (κ2) is 3.61. The molecule has 5 heteroatoms. The quantitative estimate of drug-likeness (QED) is 0.664. The Hall–Kier alpha value is -2.04. The van der Waals surface area contributed by atoms with E-state index in [2.05, 4.69) is 14.7 Å². The lowest BCUT2D eigenvalue weighted by Gasteiger charge is -2.03. The van der Waals surface area contributed by atoms with Crippen LogP contribution in [-0.2, 0) is 4.74 Å². The van der Waals surface area contributed by atoms with E-state index in [0.29, 0.717) is 5.39 Å². The number of hydrogen-bond donors (Lipinski definition) is 0. The van der Waals surface area contributed by atoms with Crippen molar-refractivity contribution in [1.29, 1.82) is 0 Å². The molecule has 2 aromatic heterocycles. The zero-order valence-electron chi connectivity index (χ0n) is 7.90. The highest BCUT2D eigenvalue weighted by Gasteiger charge is 2.12. The van der Waals surface area contributed by atoms with Crippen LogP contribution >= 0.6 is 0 Å². The molecule has 15 heavy (non-hydrogen) atoms. The summed E-state index contributed by atoms with van der Waals surface area (Å²) in [6.45, 7) is 0. The van der Waals surface area contributed by atoms with E-state index in [1.807, 2.05) is 0 Å². The van der Waals surface area contributed by atoms with Crippen LogP contribution in [0, 0.1) is 5.82 Å². The van der Waals surface area contributed by atoms with Crippen molar-refractivity contribution >= 4 is 16.9 Å². The molecular formula is C10H7FN2O2. The molecule has 2 rings (SSSR count). The van der Waals surface area contributed by atoms with Crippen molar-refractivity contribution in [1.82, 2.24) is 9.97 Å². The second-order valence-electron chi connectivity index (χ2n) is 2.87. The number of nitrogens with zero attached hydrogens (tertiary/aromatic N) is 2. The smallest absolute Gasteiger partial charge is 0.338 e. The predicted octanol–water partition coefficient (Wildman–Crippen LogP) is 1.56. The van der Waals surface area contributed by atoms with Crippen LogP contribution in [0.3, 0.4) is 0 Å². The van der Waals surface area contributed by atoms with Crippen LogP contribution in [0.5, 0.6) is 0 Å². The Morgan fingerprint density at radius 1 is 1.47 bits per heavy atom. The second-order valence-corrected chi connectivity index (χ2v) is 2.87. The number of carbonyl (C=O) groups is 1. The summed E-state index contributed by atoms with van der Waals surface area (Å²) < 4.78 is 17.8. The average molecular weight is 206 g/mol. The number of esters is 1. The van der Waals surface area contributed by atoms with Gasteiger partial charge < -0.3 is 4.74 Å². The lowest BCUT2D eigenvalue weighted by Crippen LogP contribution is -2.03. The number of ether oxygens (including phenoxy) is 1. The van der Waals surface area contributed by atoms with Crippen molar-refractivity contribution in [3.63, 3.8) is 0 Å². The van der Waals surface area contributed by atoms with E-state index < -0.39 is 11.8 Å². The summed E-state index contributed by atoms with van der Waals surface area (Å²) in [5, 5.41) is 0.351. The van der Waals surface area contributed by atoms with Crippen molar-refractivity contribution in [2.45, 2.75) is 0 Å². The van der Waals surface area contributed by atoms with Crippen LogP contribution in [0.1, 0.15) is 10.4 Å². The van der Waals surface area contributed by atoms with Gasteiger partial charge in [-0.1, -0.05) is 0 Å². The highest BCUT2D eigenvalue weighted by atomic mass is 19.1. The molecule has 0 N–H and O–H groups in total. The Kier molecular flexibility index (Phi) is 2.29. The van der Waals surface area contributed by atoms with E-state index in [1.165, 1.54) is 25.6 Å². The zero-order valence-corrected chi connectivity index (χ0v) is 7.90. The highest BCUT2D eigenvalue weighted by molar-refractivity contribution is 6.02. The maximum absolute atomic E-state index is 13.3. The molecule has 0 aromatic carbocycles. The minimum Gasteiger partial charge on any atom is -0.465 e. The average Bonchev–Trinajstić information content (AvgIpc) is 2.28. The molecule has 0 atom stereocenters. The van der Waals surface area contributed by atoms with E-state index in [0.717, 1.165) is 6.20 Å². The highest BCUT2D eigenvalue weighted by Crippen LogP contribution is 2.18. The van der Waals surface area contributed by atoms with E-state index in [9.17, 15) is 9.18 Å². The van der Waals surface area contributed by atoms with E-state index in [1.54, 1.807) is 0 Å². The van der Waals surface area contributed by atoms with Crippen LogP contribution in [0.25, 0.3) is 10.9 Å². The molecule has 0 aliphatic heterocycles. The van der Waals surface area contributed by atoms with E-state index in [4.69, 9.17) is 0 Å². The molecule has 0 fully saturated rings. The fourth-order valence-electron chi connectivity index (χ4n) is 1.32. The van der Waals surface area contributed by atoms with E-state index >= 15 is 0 Å². The van der Waals surface area contributed by atoms with Gasteiger partial charge in [-0.2, -0.15) is 0 Å². The van der Waals surface area contributed by atoms with E-state index in [-0.39, 0.29) is 11.1 Å². The van der Waals surface area contributed by atoms with Gasteiger partial charge in [-0.05, 0) is 6.07 Å². The standard InChI is InChI=1S/C10H7FN2O2/c1-15-10(14)6-2-3-13-9-7(6)4-12-5-8(9)11/h2-5H,1H3. The molecule has 76 valence electrons. The number of aromatic nitrogens is 2. The van der Waals surface area contributed by atoms with Crippen molar-refractivity contribution in [2.24, 2.45) is 0 Å². The van der Waals surface area contributed by atoms with Crippen LogP contribution in [0.15, 0.2) is 24.7 Å². The van der Waals surface area contributed by atoms with Crippen molar-refractivity contribution < 1.29 is 13.9 Å². The first-order valence-electron chi connectivity index (χ1n) is 4.20. The van der Waals surface area contributed by atoms with Gasteiger partial charge in [-0.25, -0.2) is 9.18 Å². The molecule has 0 saturated carbocycles. The summed E-state index contributed by atoms with van der Waals surface area (Å²) in [4.78, 5) is 18.8. The monoisotopic (exact) mass is 206 g/mol.